The lowest BCUT2D eigenvalue weighted by atomic mass is 10.1. The van der Waals surface area contributed by atoms with Crippen molar-refractivity contribution in [1.29, 1.82) is 0 Å². The van der Waals surface area contributed by atoms with E-state index in [0.29, 0.717) is 69.0 Å². The van der Waals surface area contributed by atoms with Crippen molar-refractivity contribution < 1.29 is 21.9 Å². The summed E-state index contributed by atoms with van der Waals surface area (Å²) in [7, 11) is -1.62. The van der Waals surface area contributed by atoms with E-state index in [0.717, 1.165) is 5.01 Å². The maximum Gasteiger partial charge on any atom is 0.196 e. The Balaban J connectivity index is 1.12. The van der Waals surface area contributed by atoms with Crippen molar-refractivity contribution in [2.75, 3.05) is 31.2 Å². The highest BCUT2D eigenvalue weighted by atomic mass is 79.9. The quantitative estimate of drug-likeness (QED) is 0.129. The molecule has 0 unspecified atom stereocenters. The second kappa shape index (κ2) is 14.8. The van der Waals surface area contributed by atoms with Crippen LogP contribution in [0, 0.1) is 11.6 Å². The molecular formula is C34H29BrF2N6O3S2. The summed E-state index contributed by atoms with van der Waals surface area (Å²) in [6.07, 6.45) is 3.41. The topological polar surface area (TPSA) is 110 Å². The number of fused-ring (bicyclic) bond motifs is 1. The molecule has 0 radical (unpaired) electrons. The average Bonchev–Trinajstić information content (AvgIpc) is 3.55. The molecule has 0 aliphatic carbocycles. The fourth-order valence-electron chi connectivity index (χ4n) is 4.85. The summed E-state index contributed by atoms with van der Waals surface area (Å²) >= 11 is 4.96. The molecule has 0 fully saturated rings. The lowest BCUT2D eigenvalue weighted by Gasteiger charge is -2.15. The van der Waals surface area contributed by atoms with Gasteiger partial charge in [0.15, 0.2) is 14.9 Å². The SMILES string of the molecule is CN(CCc1nc(-c2cc3c(Nc4ccc(OCc5cccc(F)c5)c(Br)c4)ncnc3cc2F)cs1)CCS(=O)(=O)c1ccccn1. The number of halogens is 3. The number of sulfone groups is 1. The van der Waals surface area contributed by atoms with Crippen LogP contribution in [-0.2, 0) is 22.9 Å². The number of nitrogens with one attached hydrogen (secondary N) is 1. The van der Waals surface area contributed by atoms with Crippen LogP contribution in [0.3, 0.4) is 0 Å². The first-order chi connectivity index (χ1) is 23.1. The summed E-state index contributed by atoms with van der Waals surface area (Å²) in [5.74, 6) is 0.248. The Labute approximate surface area is 288 Å². The molecule has 0 saturated heterocycles. The van der Waals surface area contributed by atoms with Gasteiger partial charge in [-0.25, -0.2) is 37.1 Å². The highest BCUT2D eigenvalue weighted by Gasteiger charge is 2.18. The van der Waals surface area contributed by atoms with Gasteiger partial charge in [-0.05, 0) is 77.1 Å². The molecule has 0 aliphatic heterocycles. The van der Waals surface area contributed by atoms with E-state index in [1.807, 2.05) is 29.5 Å². The molecular weight excluding hydrogens is 722 g/mol. The predicted octanol–water partition coefficient (Wildman–Crippen LogP) is 7.46. The summed E-state index contributed by atoms with van der Waals surface area (Å²) < 4.78 is 60.5. The Morgan fingerprint density at radius 2 is 1.85 bits per heavy atom. The van der Waals surface area contributed by atoms with E-state index in [4.69, 9.17) is 4.74 Å². The van der Waals surface area contributed by atoms with Crippen molar-refractivity contribution in [2.24, 2.45) is 0 Å². The molecule has 0 amide bonds. The van der Waals surface area contributed by atoms with Crippen LogP contribution in [-0.4, -0.2) is 59.1 Å². The summed E-state index contributed by atoms with van der Waals surface area (Å²) in [6.45, 7) is 1.13. The van der Waals surface area contributed by atoms with Gasteiger partial charge in [-0.15, -0.1) is 11.3 Å². The third-order valence-corrected chi connectivity index (χ3v) is 10.6. The Bertz CT molecular complexity index is 2170. The van der Waals surface area contributed by atoms with Gasteiger partial charge in [0.05, 0.1) is 26.4 Å². The highest BCUT2D eigenvalue weighted by Crippen LogP contribution is 2.34. The third kappa shape index (κ3) is 8.19. The lowest BCUT2D eigenvalue weighted by Crippen LogP contribution is -2.28. The second-order valence-corrected chi connectivity index (χ2v) is 14.8. The van der Waals surface area contributed by atoms with Gasteiger partial charge < -0.3 is 15.0 Å². The number of nitrogens with zero attached hydrogens (tertiary/aromatic N) is 5. The summed E-state index contributed by atoms with van der Waals surface area (Å²) in [5, 5.41) is 6.57. The van der Waals surface area contributed by atoms with Crippen molar-refractivity contribution >= 4 is 59.5 Å². The van der Waals surface area contributed by atoms with Gasteiger partial charge in [0.2, 0.25) is 0 Å². The number of likely N-dealkylation sites (N-methyl/N-ethyl adjacent to an activating group) is 1. The first-order valence-electron chi connectivity index (χ1n) is 14.8. The summed E-state index contributed by atoms with van der Waals surface area (Å²) in [6, 6.07) is 19.6. The molecule has 0 spiro atoms. The van der Waals surface area contributed by atoms with Crippen molar-refractivity contribution in [3.8, 4) is 17.0 Å². The maximum absolute atomic E-state index is 15.3. The Kier molecular flexibility index (Phi) is 10.3. The van der Waals surface area contributed by atoms with Crippen LogP contribution in [0.4, 0.5) is 20.3 Å². The largest absolute Gasteiger partial charge is 0.488 e. The number of hydrogen-bond donors (Lipinski definition) is 1. The van der Waals surface area contributed by atoms with Gasteiger partial charge >= 0.3 is 0 Å². The standard InChI is InChI=1S/C34H29BrF2N6O3S2/c1-43(13-14-48(44,45)33-7-2-3-11-38-33)12-10-32-42-30(20-47-32)25-17-26-29(18-28(25)37)39-21-40-34(26)41-24-8-9-31(27(35)16-24)46-19-22-5-4-6-23(36)15-22/h2-9,11,15-18,20-21H,10,12-14,19H2,1H3,(H,39,40,41). The lowest BCUT2D eigenvalue weighted by molar-refractivity contribution is 0.303. The van der Waals surface area contributed by atoms with Crippen LogP contribution in [0.2, 0.25) is 0 Å². The molecule has 3 heterocycles. The van der Waals surface area contributed by atoms with Gasteiger partial charge in [-0.2, -0.15) is 0 Å². The predicted molar refractivity (Wildman–Crippen MR) is 186 cm³/mol. The van der Waals surface area contributed by atoms with Gasteiger partial charge in [-0.1, -0.05) is 18.2 Å². The molecule has 3 aromatic heterocycles. The van der Waals surface area contributed by atoms with Crippen LogP contribution in [0.15, 0.2) is 100 Å². The molecule has 0 atom stereocenters. The zero-order valence-electron chi connectivity index (χ0n) is 25.6. The van der Waals surface area contributed by atoms with Crippen molar-refractivity contribution in [3.63, 3.8) is 0 Å². The van der Waals surface area contributed by atoms with Gasteiger partial charge in [0.1, 0.15) is 36.1 Å². The fraction of sp³-hybridized carbons (Fsp3) is 0.176. The van der Waals surface area contributed by atoms with Crippen molar-refractivity contribution in [3.05, 3.63) is 117 Å². The first kappa shape index (κ1) is 33.5. The molecule has 14 heteroatoms. The first-order valence-corrected chi connectivity index (χ1v) is 18.1. The highest BCUT2D eigenvalue weighted by molar-refractivity contribution is 9.10. The zero-order valence-corrected chi connectivity index (χ0v) is 28.8. The fourth-order valence-corrected chi connectivity index (χ4v) is 7.40. The van der Waals surface area contributed by atoms with E-state index >= 15 is 4.39 Å². The number of aromatic nitrogens is 4. The molecule has 48 heavy (non-hydrogen) atoms. The van der Waals surface area contributed by atoms with Gasteiger partial charge in [0, 0.05) is 53.8 Å². The molecule has 0 saturated carbocycles. The molecule has 0 bridgehead atoms. The number of benzene rings is 3. The third-order valence-electron chi connectivity index (χ3n) is 7.44. The van der Waals surface area contributed by atoms with E-state index in [9.17, 15) is 12.8 Å². The van der Waals surface area contributed by atoms with E-state index in [1.54, 1.807) is 36.4 Å². The molecule has 3 aromatic carbocycles. The van der Waals surface area contributed by atoms with Crippen molar-refractivity contribution in [1.82, 2.24) is 24.8 Å². The smallest absolute Gasteiger partial charge is 0.196 e. The summed E-state index contributed by atoms with van der Waals surface area (Å²) in [4.78, 5) is 19.2. The van der Waals surface area contributed by atoms with Crippen LogP contribution < -0.4 is 10.1 Å². The normalized spacial score (nSPS) is 11.7. The van der Waals surface area contributed by atoms with E-state index in [-0.39, 0.29) is 23.2 Å². The number of thiazole rings is 1. The monoisotopic (exact) mass is 750 g/mol. The molecule has 6 rings (SSSR count). The molecule has 0 aliphatic rings. The molecule has 6 aromatic rings. The van der Waals surface area contributed by atoms with E-state index < -0.39 is 15.7 Å². The number of hydrogen-bond acceptors (Lipinski definition) is 10. The maximum atomic E-state index is 15.3. The number of rotatable bonds is 13. The minimum Gasteiger partial charge on any atom is -0.488 e. The Morgan fingerprint density at radius 1 is 0.979 bits per heavy atom. The van der Waals surface area contributed by atoms with Crippen LogP contribution >= 0.6 is 27.3 Å². The number of anilines is 2. The van der Waals surface area contributed by atoms with Gasteiger partial charge in [0.25, 0.3) is 0 Å². The van der Waals surface area contributed by atoms with E-state index in [1.165, 1.54) is 48.1 Å². The minimum atomic E-state index is -3.48. The van der Waals surface area contributed by atoms with Crippen LogP contribution in [0.25, 0.3) is 22.2 Å². The van der Waals surface area contributed by atoms with Gasteiger partial charge in [-0.3, -0.25) is 0 Å². The molecule has 246 valence electrons. The minimum absolute atomic E-state index is 0.0458. The van der Waals surface area contributed by atoms with E-state index in [2.05, 4.69) is 41.2 Å². The summed E-state index contributed by atoms with van der Waals surface area (Å²) in [5.41, 5.74) is 2.66. The zero-order chi connectivity index (χ0) is 33.7. The number of ether oxygens (including phenoxy) is 1. The Hall–Kier alpha value is -4.37. The average molecular weight is 752 g/mol. The number of pyridine rings is 1. The Morgan fingerprint density at radius 3 is 2.65 bits per heavy atom. The van der Waals surface area contributed by atoms with Crippen molar-refractivity contribution in [2.45, 2.75) is 18.1 Å². The van der Waals surface area contributed by atoms with Crippen LogP contribution in [0.1, 0.15) is 10.6 Å². The second-order valence-electron chi connectivity index (χ2n) is 10.9. The van der Waals surface area contributed by atoms with Crippen LogP contribution in [0.5, 0.6) is 5.75 Å². The molecule has 1 N–H and O–H groups in total. The molecule has 9 nitrogen and oxygen atoms in total.